The Labute approximate surface area is 130 Å². The molecular formula is C18H32N2O. The van der Waals surface area contributed by atoms with Gasteiger partial charge in [-0.25, -0.2) is 0 Å². The van der Waals surface area contributed by atoms with Crippen molar-refractivity contribution in [3.63, 3.8) is 0 Å². The Hall–Kier alpha value is -1.12. The van der Waals surface area contributed by atoms with Gasteiger partial charge in [-0.15, -0.1) is 0 Å². The lowest BCUT2D eigenvalue weighted by Crippen LogP contribution is -2.05. The van der Waals surface area contributed by atoms with Crippen LogP contribution in [0.1, 0.15) is 93.4 Å². The Bertz CT molecular complexity index is 435. The van der Waals surface area contributed by atoms with Crippen LogP contribution in [0.25, 0.3) is 0 Å². The number of carbonyl (C=O) groups excluding carboxylic acids is 1. The minimum atomic E-state index is 0.215. The lowest BCUT2D eigenvalue weighted by atomic mass is 10.1. The number of nitrogens with zero attached hydrogens (tertiary/aromatic N) is 2. The Balaban J connectivity index is 2.31. The molecular weight excluding hydrogens is 260 g/mol. The molecule has 21 heavy (non-hydrogen) atoms. The highest BCUT2D eigenvalue weighted by Crippen LogP contribution is 2.16. The molecule has 0 aliphatic carbocycles. The van der Waals surface area contributed by atoms with Gasteiger partial charge in [0.05, 0.1) is 11.3 Å². The quantitative estimate of drug-likeness (QED) is 0.413. The van der Waals surface area contributed by atoms with Gasteiger partial charge in [0.1, 0.15) is 0 Å². The molecule has 3 heteroatoms. The molecule has 120 valence electrons. The molecule has 0 saturated carbocycles. The molecule has 0 spiro atoms. The summed E-state index contributed by atoms with van der Waals surface area (Å²) in [5.74, 6) is 0.215. The second kappa shape index (κ2) is 9.75. The fraction of sp³-hybridized carbons (Fsp3) is 0.778. The van der Waals surface area contributed by atoms with E-state index in [9.17, 15) is 4.79 Å². The van der Waals surface area contributed by atoms with Gasteiger partial charge in [-0.05, 0) is 20.3 Å². The summed E-state index contributed by atoms with van der Waals surface area (Å²) in [6, 6.07) is 0. The van der Waals surface area contributed by atoms with E-state index in [0.29, 0.717) is 6.42 Å². The first-order valence-corrected chi connectivity index (χ1v) is 8.69. The highest BCUT2D eigenvalue weighted by Gasteiger charge is 2.16. The van der Waals surface area contributed by atoms with Crippen molar-refractivity contribution in [2.24, 2.45) is 0 Å². The number of hydrogen-bond donors (Lipinski definition) is 0. The number of carbonyl (C=O) groups is 1. The topological polar surface area (TPSA) is 34.9 Å². The standard InChI is InChI=1S/C18H32N2O/c1-5-7-8-9-10-11-12-13-14-20-16(4)18(15(3)19-20)17(21)6-2/h5-14H2,1-4H3. The summed E-state index contributed by atoms with van der Waals surface area (Å²) in [6.07, 6.45) is 11.1. The van der Waals surface area contributed by atoms with Crippen molar-refractivity contribution in [2.45, 2.75) is 92.0 Å². The normalized spacial score (nSPS) is 11.0. The van der Waals surface area contributed by atoms with Crippen LogP contribution in [0.4, 0.5) is 0 Å². The second-order valence-electron chi connectivity index (χ2n) is 6.02. The Kier molecular flexibility index (Phi) is 8.33. The molecule has 0 bridgehead atoms. The molecule has 0 aliphatic heterocycles. The van der Waals surface area contributed by atoms with Gasteiger partial charge >= 0.3 is 0 Å². The molecule has 0 N–H and O–H groups in total. The number of Topliss-reactive ketones (excluding diaryl/α,β-unsaturated/α-hetero) is 1. The third-order valence-corrected chi connectivity index (χ3v) is 4.20. The van der Waals surface area contributed by atoms with Crippen molar-refractivity contribution in [1.29, 1.82) is 0 Å². The molecule has 0 radical (unpaired) electrons. The molecule has 1 rings (SSSR count). The molecule has 0 saturated heterocycles. The summed E-state index contributed by atoms with van der Waals surface area (Å²) in [5, 5.41) is 4.53. The lowest BCUT2D eigenvalue weighted by molar-refractivity contribution is 0.0987. The average molecular weight is 292 g/mol. The van der Waals surface area contributed by atoms with Gasteiger partial charge in [0.15, 0.2) is 5.78 Å². The molecule has 0 amide bonds. The molecule has 0 aliphatic rings. The Morgan fingerprint density at radius 1 is 0.952 bits per heavy atom. The van der Waals surface area contributed by atoms with Crippen LogP contribution in [0, 0.1) is 13.8 Å². The smallest absolute Gasteiger partial charge is 0.166 e. The summed E-state index contributed by atoms with van der Waals surface area (Å²) in [7, 11) is 0. The van der Waals surface area contributed by atoms with Crippen LogP contribution >= 0.6 is 0 Å². The molecule has 1 aromatic heterocycles. The van der Waals surface area contributed by atoms with E-state index in [-0.39, 0.29) is 5.78 Å². The maximum absolute atomic E-state index is 11.9. The molecule has 3 nitrogen and oxygen atoms in total. The zero-order valence-electron chi connectivity index (χ0n) is 14.4. The fourth-order valence-corrected chi connectivity index (χ4v) is 2.89. The zero-order valence-corrected chi connectivity index (χ0v) is 14.4. The molecule has 0 aromatic carbocycles. The fourth-order valence-electron chi connectivity index (χ4n) is 2.89. The van der Waals surface area contributed by atoms with Crippen molar-refractivity contribution < 1.29 is 4.79 Å². The molecule has 0 unspecified atom stereocenters. The summed E-state index contributed by atoms with van der Waals surface area (Å²) >= 11 is 0. The average Bonchev–Trinajstić information content (AvgIpc) is 2.75. The summed E-state index contributed by atoms with van der Waals surface area (Å²) in [4.78, 5) is 11.9. The third kappa shape index (κ3) is 5.64. The van der Waals surface area contributed by atoms with E-state index >= 15 is 0 Å². The van der Waals surface area contributed by atoms with Gasteiger partial charge < -0.3 is 0 Å². The minimum Gasteiger partial charge on any atom is -0.294 e. The molecule has 0 fully saturated rings. The first-order valence-electron chi connectivity index (χ1n) is 8.69. The van der Waals surface area contributed by atoms with Gasteiger partial charge in [-0.1, -0.05) is 58.8 Å². The van der Waals surface area contributed by atoms with Gasteiger partial charge in [-0.3, -0.25) is 9.48 Å². The van der Waals surface area contributed by atoms with Crippen LogP contribution in [0.15, 0.2) is 0 Å². The predicted molar refractivity (Wildman–Crippen MR) is 88.9 cm³/mol. The van der Waals surface area contributed by atoms with E-state index in [1.165, 1.54) is 44.9 Å². The van der Waals surface area contributed by atoms with Crippen molar-refractivity contribution in [1.82, 2.24) is 9.78 Å². The number of unbranched alkanes of at least 4 members (excludes halogenated alkanes) is 7. The van der Waals surface area contributed by atoms with Gasteiger partial charge in [0, 0.05) is 18.7 Å². The van der Waals surface area contributed by atoms with Crippen LogP contribution in [-0.4, -0.2) is 15.6 Å². The van der Waals surface area contributed by atoms with E-state index < -0.39 is 0 Å². The first-order chi connectivity index (χ1) is 10.1. The first kappa shape index (κ1) is 17.9. The van der Waals surface area contributed by atoms with E-state index in [1.807, 2.05) is 25.5 Å². The van der Waals surface area contributed by atoms with E-state index in [4.69, 9.17) is 0 Å². The minimum absolute atomic E-state index is 0.215. The van der Waals surface area contributed by atoms with Gasteiger partial charge in [0.25, 0.3) is 0 Å². The number of rotatable bonds is 11. The Morgan fingerprint density at radius 3 is 2.10 bits per heavy atom. The lowest BCUT2D eigenvalue weighted by Gasteiger charge is -2.05. The highest BCUT2D eigenvalue weighted by molar-refractivity contribution is 5.97. The predicted octanol–water partition coefficient (Wildman–Crippen LogP) is 5.23. The van der Waals surface area contributed by atoms with E-state index in [2.05, 4.69) is 12.0 Å². The van der Waals surface area contributed by atoms with Crippen LogP contribution in [0.3, 0.4) is 0 Å². The van der Waals surface area contributed by atoms with Crippen molar-refractivity contribution in [3.05, 3.63) is 17.0 Å². The van der Waals surface area contributed by atoms with Gasteiger partial charge in [0.2, 0.25) is 0 Å². The van der Waals surface area contributed by atoms with Crippen LogP contribution in [0.2, 0.25) is 0 Å². The van der Waals surface area contributed by atoms with E-state index in [0.717, 1.165) is 29.9 Å². The van der Waals surface area contributed by atoms with Crippen molar-refractivity contribution >= 4 is 5.78 Å². The monoisotopic (exact) mass is 292 g/mol. The maximum Gasteiger partial charge on any atom is 0.166 e. The number of hydrogen-bond acceptors (Lipinski definition) is 2. The van der Waals surface area contributed by atoms with Crippen LogP contribution in [-0.2, 0) is 6.54 Å². The van der Waals surface area contributed by atoms with Crippen LogP contribution in [0.5, 0.6) is 0 Å². The second-order valence-corrected chi connectivity index (χ2v) is 6.02. The highest BCUT2D eigenvalue weighted by atomic mass is 16.1. The number of aryl methyl sites for hydroxylation is 2. The van der Waals surface area contributed by atoms with Gasteiger partial charge in [-0.2, -0.15) is 5.10 Å². The van der Waals surface area contributed by atoms with E-state index in [1.54, 1.807) is 0 Å². The largest absolute Gasteiger partial charge is 0.294 e. The summed E-state index contributed by atoms with van der Waals surface area (Å²) in [6.45, 7) is 9.08. The van der Waals surface area contributed by atoms with Crippen molar-refractivity contribution in [3.8, 4) is 0 Å². The SMILES string of the molecule is CCCCCCCCCCn1nc(C)c(C(=O)CC)c1C. The zero-order chi connectivity index (χ0) is 15.7. The molecule has 1 aromatic rings. The van der Waals surface area contributed by atoms with Crippen molar-refractivity contribution in [2.75, 3.05) is 0 Å². The summed E-state index contributed by atoms with van der Waals surface area (Å²) in [5.41, 5.74) is 2.78. The summed E-state index contributed by atoms with van der Waals surface area (Å²) < 4.78 is 2.02. The molecule has 0 atom stereocenters. The van der Waals surface area contributed by atoms with Crippen LogP contribution < -0.4 is 0 Å². The number of aromatic nitrogens is 2. The maximum atomic E-state index is 11.9. The number of ketones is 1. The Morgan fingerprint density at radius 2 is 1.52 bits per heavy atom. The third-order valence-electron chi connectivity index (χ3n) is 4.20. The molecule has 1 heterocycles.